The second-order valence-electron chi connectivity index (χ2n) is 4.05. The molecule has 94 valence electrons. The van der Waals surface area contributed by atoms with Gasteiger partial charge in [-0.25, -0.2) is 0 Å². The van der Waals surface area contributed by atoms with Crippen molar-refractivity contribution in [2.24, 2.45) is 11.7 Å². The van der Waals surface area contributed by atoms with Gasteiger partial charge in [0.05, 0.1) is 6.42 Å². The summed E-state index contributed by atoms with van der Waals surface area (Å²) in [4.78, 5) is 24.2. The van der Waals surface area contributed by atoms with E-state index < -0.39 is 5.97 Å². The van der Waals surface area contributed by atoms with Crippen LogP contribution >= 0.6 is 0 Å². The van der Waals surface area contributed by atoms with Crippen LogP contribution < -0.4 is 5.73 Å². The van der Waals surface area contributed by atoms with Crippen molar-refractivity contribution >= 4 is 11.9 Å². The van der Waals surface area contributed by atoms with E-state index in [-0.39, 0.29) is 24.3 Å². The Labute approximate surface area is 96.6 Å². The molecule has 1 amide bonds. The van der Waals surface area contributed by atoms with Gasteiger partial charge in [0.15, 0.2) is 0 Å². The number of carboxylic acids is 1. The van der Waals surface area contributed by atoms with E-state index in [1.165, 1.54) is 0 Å². The molecule has 0 saturated heterocycles. The fourth-order valence-corrected chi connectivity index (χ4v) is 1.70. The molecule has 0 aromatic rings. The molecule has 0 fully saturated rings. The summed E-state index contributed by atoms with van der Waals surface area (Å²) >= 11 is 0. The van der Waals surface area contributed by atoms with Gasteiger partial charge in [0.2, 0.25) is 5.91 Å². The molecular formula is C11H22N2O3. The number of aliphatic carboxylic acids is 1. The molecular weight excluding hydrogens is 208 g/mol. The molecule has 5 heteroatoms. The van der Waals surface area contributed by atoms with E-state index in [0.29, 0.717) is 19.5 Å². The molecule has 0 heterocycles. The van der Waals surface area contributed by atoms with E-state index >= 15 is 0 Å². The first-order valence-electron chi connectivity index (χ1n) is 5.66. The van der Waals surface area contributed by atoms with Crippen molar-refractivity contribution in [3.05, 3.63) is 0 Å². The van der Waals surface area contributed by atoms with Gasteiger partial charge in [-0.05, 0) is 26.8 Å². The number of hydrogen-bond donors (Lipinski definition) is 2. The predicted octanol–water partition coefficient (Wildman–Crippen LogP) is 0.683. The Morgan fingerprint density at radius 2 is 1.94 bits per heavy atom. The number of carboxylic acid groups (broad SMARTS) is 1. The maximum Gasteiger partial charge on any atom is 0.305 e. The van der Waals surface area contributed by atoms with Gasteiger partial charge < -0.3 is 15.7 Å². The summed E-state index contributed by atoms with van der Waals surface area (Å²) in [6.07, 6.45) is 0.615. The number of nitrogens with zero attached hydrogens (tertiary/aromatic N) is 1. The minimum atomic E-state index is -0.884. The third-order valence-corrected chi connectivity index (χ3v) is 2.65. The van der Waals surface area contributed by atoms with Crippen LogP contribution in [0, 0.1) is 5.92 Å². The van der Waals surface area contributed by atoms with Gasteiger partial charge in [0.25, 0.3) is 0 Å². The molecule has 2 unspecified atom stereocenters. The summed E-state index contributed by atoms with van der Waals surface area (Å²) in [6, 6.07) is -0.268. The maximum atomic E-state index is 12.0. The molecule has 3 N–H and O–H groups in total. The summed E-state index contributed by atoms with van der Waals surface area (Å²) < 4.78 is 0. The molecule has 0 aliphatic heterocycles. The van der Waals surface area contributed by atoms with Gasteiger partial charge in [-0.15, -0.1) is 0 Å². The predicted molar refractivity (Wildman–Crippen MR) is 61.9 cm³/mol. The first-order valence-corrected chi connectivity index (χ1v) is 5.66. The van der Waals surface area contributed by atoms with Crippen LogP contribution in [0.5, 0.6) is 0 Å². The normalized spacial score (nSPS) is 14.2. The minimum Gasteiger partial charge on any atom is -0.481 e. The minimum absolute atomic E-state index is 0.0123. The van der Waals surface area contributed by atoms with Gasteiger partial charge in [0, 0.05) is 18.5 Å². The number of hydrogen-bond acceptors (Lipinski definition) is 3. The van der Waals surface area contributed by atoms with Crippen LogP contribution in [0.4, 0.5) is 0 Å². The zero-order chi connectivity index (χ0) is 12.7. The van der Waals surface area contributed by atoms with Crippen molar-refractivity contribution in [3.8, 4) is 0 Å². The average Bonchev–Trinajstić information content (AvgIpc) is 2.17. The van der Waals surface area contributed by atoms with Crippen molar-refractivity contribution in [2.45, 2.75) is 39.7 Å². The molecule has 0 saturated carbocycles. The van der Waals surface area contributed by atoms with Crippen LogP contribution in [0.1, 0.15) is 33.6 Å². The van der Waals surface area contributed by atoms with Crippen molar-refractivity contribution in [1.82, 2.24) is 4.90 Å². The Kier molecular flexibility index (Phi) is 6.72. The van der Waals surface area contributed by atoms with E-state index in [2.05, 4.69) is 0 Å². The van der Waals surface area contributed by atoms with Crippen molar-refractivity contribution in [2.75, 3.05) is 13.1 Å². The summed E-state index contributed by atoms with van der Waals surface area (Å²) in [7, 11) is 0. The third-order valence-electron chi connectivity index (χ3n) is 2.65. The van der Waals surface area contributed by atoms with Crippen LogP contribution in [0.2, 0.25) is 0 Å². The van der Waals surface area contributed by atoms with Crippen LogP contribution in [-0.2, 0) is 9.59 Å². The first kappa shape index (κ1) is 14.9. The number of carbonyl (C=O) groups excluding carboxylic acids is 1. The molecule has 0 rings (SSSR count). The highest BCUT2D eigenvalue weighted by Gasteiger charge is 2.24. The van der Waals surface area contributed by atoms with Gasteiger partial charge in [-0.1, -0.05) is 6.92 Å². The highest BCUT2D eigenvalue weighted by atomic mass is 16.4. The zero-order valence-electron chi connectivity index (χ0n) is 10.3. The summed E-state index contributed by atoms with van der Waals surface area (Å²) in [5.41, 5.74) is 5.40. The van der Waals surface area contributed by atoms with Gasteiger partial charge in [0.1, 0.15) is 0 Å². The largest absolute Gasteiger partial charge is 0.481 e. The highest BCUT2D eigenvalue weighted by molar-refractivity contribution is 5.79. The van der Waals surface area contributed by atoms with Gasteiger partial charge in [-0.3, -0.25) is 9.59 Å². The molecule has 0 aliphatic carbocycles. The molecule has 5 nitrogen and oxygen atoms in total. The van der Waals surface area contributed by atoms with Crippen LogP contribution in [-0.4, -0.2) is 41.0 Å². The lowest BCUT2D eigenvalue weighted by Gasteiger charge is -2.29. The van der Waals surface area contributed by atoms with E-state index in [1.54, 1.807) is 11.8 Å². The van der Waals surface area contributed by atoms with E-state index in [1.807, 2.05) is 13.8 Å². The highest BCUT2D eigenvalue weighted by Crippen LogP contribution is 2.11. The maximum absolute atomic E-state index is 12.0. The quantitative estimate of drug-likeness (QED) is 0.673. The number of rotatable bonds is 7. The first-order chi connectivity index (χ1) is 7.43. The Morgan fingerprint density at radius 1 is 1.38 bits per heavy atom. The van der Waals surface area contributed by atoms with E-state index in [4.69, 9.17) is 10.8 Å². The lowest BCUT2D eigenvalue weighted by atomic mass is 10.0. The standard InChI is InChI=1S/C11H22N2O3/c1-4-13(9(3)7-10(14)15)11(16)8(2)5-6-12/h8-9H,4-7,12H2,1-3H3,(H,14,15). The van der Waals surface area contributed by atoms with Crippen LogP contribution in [0.3, 0.4) is 0 Å². The zero-order valence-corrected chi connectivity index (χ0v) is 10.3. The van der Waals surface area contributed by atoms with Gasteiger partial charge >= 0.3 is 5.97 Å². The van der Waals surface area contributed by atoms with E-state index in [9.17, 15) is 9.59 Å². The average molecular weight is 230 g/mol. The van der Waals surface area contributed by atoms with Gasteiger partial charge in [-0.2, -0.15) is 0 Å². The Morgan fingerprint density at radius 3 is 2.31 bits per heavy atom. The molecule has 16 heavy (non-hydrogen) atoms. The number of amides is 1. The molecule has 0 radical (unpaired) electrons. The lowest BCUT2D eigenvalue weighted by Crippen LogP contribution is -2.42. The molecule has 0 bridgehead atoms. The fraction of sp³-hybridized carbons (Fsp3) is 0.818. The SMILES string of the molecule is CCN(C(=O)C(C)CCN)C(C)CC(=O)O. The Bertz CT molecular complexity index is 243. The second-order valence-corrected chi connectivity index (χ2v) is 4.05. The van der Waals surface area contributed by atoms with Crippen LogP contribution in [0.25, 0.3) is 0 Å². The molecule has 0 aromatic heterocycles. The van der Waals surface area contributed by atoms with Crippen molar-refractivity contribution < 1.29 is 14.7 Å². The number of nitrogens with two attached hydrogens (primary N) is 1. The second kappa shape index (κ2) is 7.22. The Hall–Kier alpha value is -1.10. The smallest absolute Gasteiger partial charge is 0.305 e. The third kappa shape index (κ3) is 4.61. The lowest BCUT2D eigenvalue weighted by molar-refractivity contribution is -0.141. The van der Waals surface area contributed by atoms with Crippen LogP contribution in [0.15, 0.2) is 0 Å². The Balaban J connectivity index is 4.46. The molecule has 0 aliphatic rings. The molecule has 0 spiro atoms. The fourth-order valence-electron chi connectivity index (χ4n) is 1.70. The van der Waals surface area contributed by atoms with Crippen molar-refractivity contribution in [1.29, 1.82) is 0 Å². The summed E-state index contributed by atoms with van der Waals surface area (Å²) in [5, 5.41) is 8.69. The summed E-state index contributed by atoms with van der Waals surface area (Å²) in [5.74, 6) is -1.03. The summed E-state index contributed by atoms with van der Waals surface area (Å²) in [6.45, 7) is 6.43. The monoisotopic (exact) mass is 230 g/mol. The van der Waals surface area contributed by atoms with Crippen molar-refractivity contribution in [3.63, 3.8) is 0 Å². The molecule has 0 aromatic carbocycles. The van der Waals surface area contributed by atoms with E-state index in [0.717, 1.165) is 0 Å². The number of carbonyl (C=O) groups is 2. The topological polar surface area (TPSA) is 83.6 Å². The molecule has 2 atom stereocenters.